The molecule has 0 aromatic rings. The second-order valence-electron chi connectivity index (χ2n) is 4.12. The number of piperidine rings is 1. The standard InChI is InChI=1S/C9H16ClNO4S/c1-3-15-8(12)9(2)4-6-11(7-5-9)16(10,13)14/h3-7H2,1-2H3. The van der Waals surface area contributed by atoms with Crippen LogP contribution in [0.25, 0.3) is 0 Å². The third-order valence-electron chi connectivity index (χ3n) is 2.90. The van der Waals surface area contributed by atoms with Crippen molar-refractivity contribution in [3.8, 4) is 0 Å². The Hall–Kier alpha value is -0.330. The first-order valence-corrected chi connectivity index (χ1v) is 7.43. The highest BCUT2D eigenvalue weighted by Gasteiger charge is 2.40. The zero-order chi connectivity index (χ0) is 12.4. The molecule has 1 heterocycles. The minimum atomic E-state index is -3.66. The summed E-state index contributed by atoms with van der Waals surface area (Å²) < 4.78 is 28.3. The molecule has 0 radical (unpaired) electrons. The number of esters is 1. The van der Waals surface area contributed by atoms with Gasteiger partial charge in [0.25, 0.3) is 9.24 Å². The van der Waals surface area contributed by atoms with Gasteiger partial charge in [-0.1, -0.05) is 0 Å². The molecule has 0 N–H and O–H groups in total. The molecule has 1 aliphatic rings. The van der Waals surface area contributed by atoms with Gasteiger partial charge in [-0.2, -0.15) is 12.7 Å². The van der Waals surface area contributed by atoms with E-state index < -0.39 is 14.7 Å². The molecule has 0 aliphatic carbocycles. The molecule has 0 saturated carbocycles. The lowest BCUT2D eigenvalue weighted by atomic mass is 9.81. The van der Waals surface area contributed by atoms with E-state index in [4.69, 9.17) is 15.4 Å². The van der Waals surface area contributed by atoms with Crippen LogP contribution in [0.4, 0.5) is 0 Å². The van der Waals surface area contributed by atoms with Crippen LogP contribution in [0.5, 0.6) is 0 Å². The molecule has 0 aromatic carbocycles. The summed E-state index contributed by atoms with van der Waals surface area (Å²) in [6.45, 7) is 4.41. The van der Waals surface area contributed by atoms with E-state index in [0.717, 1.165) is 0 Å². The first-order chi connectivity index (χ1) is 7.29. The molecule has 0 unspecified atom stereocenters. The van der Waals surface area contributed by atoms with Gasteiger partial charge in [0.2, 0.25) is 0 Å². The maximum atomic E-state index is 11.7. The molecular formula is C9H16ClNO4S. The topological polar surface area (TPSA) is 63.7 Å². The van der Waals surface area contributed by atoms with Crippen molar-refractivity contribution < 1.29 is 17.9 Å². The van der Waals surface area contributed by atoms with Crippen molar-refractivity contribution in [3.05, 3.63) is 0 Å². The molecule has 0 atom stereocenters. The minimum Gasteiger partial charge on any atom is -0.466 e. The number of rotatable bonds is 3. The molecule has 1 aliphatic heterocycles. The summed E-state index contributed by atoms with van der Waals surface area (Å²) in [5.41, 5.74) is -0.589. The van der Waals surface area contributed by atoms with Gasteiger partial charge in [-0.05, 0) is 26.7 Å². The van der Waals surface area contributed by atoms with Crippen molar-refractivity contribution in [3.63, 3.8) is 0 Å². The van der Waals surface area contributed by atoms with Gasteiger partial charge in [0.05, 0.1) is 12.0 Å². The van der Waals surface area contributed by atoms with Crippen LogP contribution in [0.15, 0.2) is 0 Å². The van der Waals surface area contributed by atoms with Crippen molar-refractivity contribution in [2.75, 3.05) is 19.7 Å². The van der Waals surface area contributed by atoms with Crippen molar-refractivity contribution in [2.45, 2.75) is 26.7 Å². The van der Waals surface area contributed by atoms with Crippen LogP contribution in [-0.4, -0.2) is 38.4 Å². The number of nitrogens with zero attached hydrogens (tertiary/aromatic N) is 1. The van der Waals surface area contributed by atoms with Crippen molar-refractivity contribution in [1.29, 1.82) is 0 Å². The second-order valence-corrected chi connectivity index (χ2v) is 6.63. The Morgan fingerprint density at radius 2 is 1.94 bits per heavy atom. The van der Waals surface area contributed by atoms with E-state index in [2.05, 4.69) is 0 Å². The van der Waals surface area contributed by atoms with Gasteiger partial charge in [-0.15, -0.1) is 0 Å². The molecule has 94 valence electrons. The third kappa shape index (κ3) is 3.09. The van der Waals surface area contributed by atoms with E-state index in [9.17, 15) is 13.2 Å². The van der Waals surface area contributed by atoms with Gasteiger partial charge in [0.15, 0.2) is 0 Å². The van der Waals surface area contributed by atoms with Crippen LogP contribution in [0.2, 0.25) is 0 Å². The van der Waals surface area contributed by atoms with E-state index in [0.29, 0.717) is 19.4 Å². The Labute approximate surface area is 100 Å². The molecular weight excluding hydrogens is 254 g/mol. The number of hydrogen-bond acceptors (Lipinski definition) is 4. The predicted octanol–water partition coefficient (Wildman–Crippen LogP) is 1.14. The number of carbonyl (C=O) groups excluding carboxylic acids is 1. The SMILES string of the molecule is CCOC(=O)C1(C)CCN(S(=O)(=O)Cl)CC1. The minimum absolute atomic E-state index is 0.262. The number of ether oxygens (including phenoxy) is 1. The molecule has 0 amide bonds. The Balaban J connectivity index is 2.63. The first-order valence-electron chi connectivity index (χ1n) is 5.16. The van der Waals surface area contributed by atoms with E-state index in [1.807, 2.05) is 0 Å². The lowest BCUT2D eigenvalue weighted by Gasteiger charge is -2.35. The molecule has 0 aromatic heterocycles. The summed E-state index contributed by atoms with van der Waals surface area (Å²) in [4.78, 5) is 11.7. The van der Waals surface area contributed by atoms with Gasteiger partial charge in [-0.3, -0.25) is 4.79 Å². The maximum absolute atomic E-state index is 11.7. The molecule has 0 spiro atoms. The Morgan fingerprint density at radius 1 is 1.44 bits per heavy atom. The van der Waals surface area contributed by atoms with E-state index in [-0.39, 0.29) is 19.1 Å². The monoisotopic (exact) mass is 269 g/mol. The van der Waals surface area contributed by atoms with E-state index in [1.54, 1.807) is 13.8 Å². The molecule has 7 heteroatoms. The Bertz CT molecular complexity index is 360. The van der Waals surface area contributed by atoms with Gasteiger partial charge in [-0.25, -0.2) is 0 Å². The van der Waals surface area contributed by atoms with E-state index >= 15 is 0 Å². The number of hydrogen-bond donors (Lipinski definition) is 0. The van der Waals surface area contributed by atoms with Crippen molar-refractivity contribution in [2.24, 2.45) is 5.41 Å². The largest absolute Gasteiger partial charge is 0.466 e. The normalized spacial score (nSPS) is 21.7. The fraction of sp³-hybridized carbons (Fsp3) is 0.889. The second kappa shape index (κ2) is 4.89. The third-order valence-corrected chi connectivity index (χ3v) is 4.47. The summed E-state index contributed by atoms with van der Waals surface area (Å²) in [6.07, 6.45) is 0.884. The fourth-order valence-corrected chi connectivity index (χ4v) is 2.74. The van der Waals surface area contributed by atoms with Crippen molar-refractivity contribution in [1.82, 2.24) is 4.31 Å². The van der Waals surface area contributed by atoms with Gasteiger partial charge >= 0.3 is 5.97 Å². The average molecular weight is 270 g/mol. The molecule has 1 saturated heterocycles. The quantitative estimate of drug-likeness (QED) is 0.569. The summed E-state index contributed by atoms with van der Waals surface area (Å²) in [7, 11) is 1.57. The van der Waals surface area contributed by atoms with E-state index in [1.165, 1.54) is 4.31 Å². The molecule has 0 bridgehead atoms. The molecule has 5 nitrogen and oxygen atoms in total. The Kier molecular flexibility index (Phi) is 4.20. The van der Waals surface area contributed by atoms with Crippen LogP contribution >= 0.6 is 10.7 Å². The predicted molar refractivity (Wildman–Crippen MR) is 60.3 cm³/mol. The summed E-state index contributed by atoms with van der Waals surface area (Å²) in [5.74, 6) is -0.262. The highest BCUT2D eigenvalue weighted by molar-refractivity contribution is 8.11. The maximum Gasteiger partial charge on any atom is 0.311 e. The van der Waals surface area contributed by atoms with Crippen LogP contribution in [-0.2, 0) is 18.8 Å². The first kappa shape index (κ1) is 13.7. The van der Waals surface area contributed by atoms with Crippen LogP contribution in [0.1, 0.15) is 26.7 Å². The van der Waals surface area contributed by atoms with Gasteiger partial charge < -0.3 is 4.74 Å². The summed E-state index contributed by atoms with van der Waals surface area (Å²) in [5, 5.41) is 0. The highest BCUT2D eigenvalue weighted by atomic mass is 35.7. The number of halogens is 1. The van der Waals surface area contributed by atoms with Crippen molar-refractivity contribution >= 4 is 25.9 Å². The van der Waals surface area contributed by atoms with Crippen LogP contribution in [0.3, 0.4) is 0 Å². The summed E-state index contributed by atoms with van der Waals surface area (Å²) >= 11 is 0. The fourth-order valence-electron chi connectivity index (χ4n) is 1.71. The number of carbonyl (C=O) groups is 1. The van der Waals surface area contributed by atoms with Gasteiger partial charge in [0, 0.05) is 23.8 Å². The van der Waals surface area contributed by atoms with Gasteiger partial charge in [0.1, 0.15) is 0 Å². The highest BCUT2D eigenvalue weighted by Crippen LogP contribution is 2.33. The summed E-state index contributed by atoms with van der Waals surface area (Å²) in [6, 6.07) is 0. The Morgan fingerprint density at radius 3 is 2.31 bits per heavy atom. The molecule has 1 fully saturated rings. The zero-order valence-corrected chi connectivity index (χ0v) is 11.0. The van der Waals surface area contributed by atoms with Crippen LogP contribution < -0.4 is 0 Å². The zero-order valence-electron chi connectivity index (χ0n) is 9.40. The van der Waals surface area contributed by atoms with Crippen LogP contribution in [0, 0.1) is 5.41 Å². The lowest BCUT2D eigenvalue weighted by molar-refractivity contribution is -0.156. The molecule has 16 heavy (non-hydrogen) atoms. The molecule has 1 rings (SSSR count). The average Bonchev–Trinajstić information content (AvgIpc) is 2.17. The lowest BCUT2D eigenvalue weighted by Crippen LogP contribution is -2.44. The smallest absolute Gasteiger partial charge is 0.311 e.